The van der Waals surface area contributed by atoms with E-state index in [9.17, 15) is 5.11 Å². The van der Waals surface area contributed by atoms with Crippen LogP contribution in [0.5, 0.6) is 0 Å². The fourth-order valence-electron chi connectivity index (χ4n) is 2.58. The van der Waals surface area contributed by atoms with Crippen LogP contribution in [0.4, 0.5) is 0 Å². The van der Waals surface area contributed by atoms with Gasteiger partial charge in [-0.3, -0.25) is 4.90 Å². The van der Waals surface area contributed by atoms with Crippen molar-refractivity contribution in [1.29, 1.82) is 5.26 Å². The highest BCUT2D eigenvalue weighted by molar-refractivity contribution is 9.10. The lowest BCUT2D eigenvalue weighted by atomic mass is 9.92. The van der Waals surface area contributed by atoms with E-state index in [0.717, 1.165) is 36.9 Å². The first-order valence-electron chi connectivity index (χ1n) is 6.69. The number of likely N-dealkylation sites (tertiary alicyclic amines) is 1. The average molecular weight is 323 g/mol. The smallest absolute Gasteiger partial charge is 0.0992 e. The topological polar surface area (TPSA) is 47.3 Å². The first-order valence-corrected chi connectivity index (χ1v) is 7.48. The Kier molecular flexibility index (Phi) is 4.98. The highest BCUT2D eigenvalue weighted by atomic mass is 79.9. The summed E-state index contributed by atoms with van der Waals surface area (Å²) in [7, 11) is 0. The molecule has 1 N–H and O–H groups in total. The van der Waals surface area contributed by atoms with E-state index >= 15 is 0 Å². The lowest BCUT2D eigenvalue weighted by Gasteiger charge is -2.33. The summed E-state index contributed by atoms with van der Waals surface area (Å²) in [4.78, 5) is 2.41. The molecule has 0 aromatic heterocycles. The molecule has 1 fully saturated rings. The third-order valence-corrected chi connectivity index (χ3v) is 4.63. The van der Waals surface area contributed by atoms with Gasteiger partial charge in [-0.2, -0.15) is 5.26 Å². The zero-order chi connectivity index (χ0) is 13.8. The molecule has 1 aromatic carbocycles. The molecule has 0 radical (unpaired) electrons. The van der Waals surface area contributed by atoms with Crippen molar-refractivity contribution in [3.8, 4) is 6.07 Å². The largest absolute Gasteiger partial charge is 0.393 e. The van der Waals surface area contributed by atoms with Crippen molar-refractivity contribution in [2.75, 3.05) is 13.1 Å². The molecule has 1 atom stereocenters. The predicted octanol–water partition coefficient (Wildman–Crippen LogP) is 2.91. The maximum atomic E-state index is 9.60. The molecule has 0 aliphatic carbocycles. The zero-order valence-electron chi connectivity index (χ0n) is 11.1. The summed E-state index contributed by atoms with van der Waals surface area (Å²) in [5, 5.41) is 18.4. The van der Waals surface area contributed by atoms with Crippen LogP contribution in [0.15, 0.2) is 22.7 Å². The molecule has 19 heavy (non-hydrogen) atoms. The van der Waals surface area contributed by atoms with Crippen LogP contribution in [0.1, 0.15) is 30.9 Å². The Balaban J connectivity index is 1.94. The van der Waals surface area contributed by atoms with Gasteiger partial charge in [0.15, 0.2) is 0 Å². The minimum Gasteiger partial charge on any atom is -0.393 e. The lowest BCUT2D eigenvalue weighted by Crippen LogP contribution is -2.36. The Morgan fingerprint density at radius 3 is 2.68 bits per heavy atom. The van der Waals surface area contributed by atoms with Crippen molar-refractivity contribution < 1.29 is 5.11 Å². The molecule has 1 heterocycles. The van der Waals surface area contributed by atoms with Gasteiger partial charge in [-0.25, -0.2) is 0 Å². The SMILES string of the molecule is CC(O)C1CCN(Cc2ccc(C#N)cc2Br)CC1. The van der Waals surface area contributed by atoms with E-state index in [-0.39, 0.29) is 6.10 Å². The summed E-state index contributed by atoms with van der Waals surface area (Å²) >= 11 is 3.53. The summed E-state index contributed by atoms with van der Waals surface area (Å²) in [6.45, 7) is 4.85. The summed E-state index contributed by atoms with van der Waals surface area (Å²) in [6.07, 6.45) is 1.93. The third kappa shape index (κ3) is 3.79. The number of nitrogens with zero attached hydrogens (tertiary/aromatic N) is 2. The van der Waals surface area contributed by atoms with Gasteiger partial charge in [-0.05, 0) is 56.5 Å². The molecule has 0 saturated carbocycles. The summed E-state index contributed by atoms with van der Waals surface area (Å²) in [5.74, 6) is 0.445. The molecule has 1 saturated heterocycles. The van der Waals surface area contributed by atoms with Gasteiger partial charge in [0.25, 0.3) is 0 Å². The van der Waals surface area contributed by atoms with E-state index < -0.39 is 0 Å². The van der Waals surface area contributed by atoms with Crippen molar-refractivity contribution in [1.82, 2.24) is 4.90 Å². The van der Waals surface area contributed by atoms with Gasteiger partial charge < -0.3 is 5.11 Å². The van der Waals surface area contributed by atoms with E-state index in [2.05, 4.69) is 26.9 Å². The number of piperidine rings is 1. The Hall–Kier alpha value is -0.890. The van der Waals surface area contributed by atoms with E-state index in [1.807, 2.05) is 25.1 Å². The van der Waals surface area contributed by atoms with E-state index in [4.69, 9.17) is 5.26 Å². The first-order chi connectivity index (χ1) is 9.10. The lowest BCUT2D eigenvalue weighted by molar-refractivity contribution is 0.0695. The number of hydrogen-bond acceptors (Lipinski definition) is 3. The summed E-state index contributed by atoms with van der Waals surface area (Å²) in [5.41, 5.74) is 1.90. The highest BCUT2D eigenvalue weighted by Gasteiger charge is 2.22. The molecule has 0 bridgehead atoms. The van der Waals surface area contributed by atoms with Gasteiger partial charge >= 0.3 is 0 Å². The molecule has 1 aromatic rings. The second-order valence-electron chi connectivity index (χ2n) is 5.27. The molecular formula is C15H19BrN2O. The molecule has 1 aliphatic rings. The van der Waals surface area contributed by atoms with Crippen molar-refractivity contribution in [3.63, 3.8) is 0 Å². The van der Waals surface area contributed by atoms with Crippen LogP contribution in [0, 0.1) is 17.2 Å². The molecule has 0 amide bonds. The van der Waals surface area contributed by atoms with Gasteiger partial charge in [0.05, 0.1) is 17.7 Å². The molecule has 1 aliphatic heterocycles. The van der Waals surface area contributed by atoms with Gasteiger partial charge in [0, 0.05) is 11.0 Å². The van der Waals surface area contributed by atoms with Crippen molar-refractivity contribution in [3.05, 3.63) is 33.8 Å². The molecule has 1 unspecified atom stereocenters. The Bertz CT molecular complexity index is 474. The first kappa shape index (κ1) is 14.5. The maximum absolute atomic E-state index is 9.60. The maximum Gasteiger partial charge on any atom is 0.0992 e. The number of hydrogen-bond donors (Lipinski definition) is 1. The van der Waals surface area contributed by atoms with Gasteiger partial charge in [-0.15, -0.1) is 0 Å². The minimum atomic E-state index is -0.191. The van der Waals surface area contributed by atoms with Crippen LogP contribution >= 0.6 is 15.9 Å². The normalized spacial score (nSPS) is 19.1. The van der Waals surface area contributed by atoms with E-state index in [1.54, 1.807) is 0 Å². The molecule has 3 nitrogen and oxygen atoms in total. The monoisotopic (exact) mass is 322 g/mol. The van der Waals surface area contributed by atoms with Crippen LogP contribution < -0.4 is 0 Å². The molecule has 102 valence electrons. The van der Waals surface area contributed by atoms with Gasteiger partial charge in [0.2, 0.25) is 0 Å². The Morgan fingerprint density at radius 1 is 1.47 bits per heavy atom. The van der Waals surface area contributed by atoms with Gasteiger partial charge in [0.1, 0.15) is 0 Å². The Morgan fingerprint density at radius 2 is 2.16 bits per heavy atom. The fourth-order valence-corrected chi connectivity index (χ4v) is 3.08. The van der Waals surface area contributed by atoms with E-state index in [1.165, 1.54) is 5.56 Å². The predicted molar refractivity (Wildman–Crippen MR) is 78.5 cm³/mol. The van der Waals surface area contributed by atoms with Crippen LogP contribution in [0.2, 0.25) is 0 Å². The van der Waals surface area contributed by atoms with Crippen molar-refractivity contribution in [2.45, 2.75) is 32.4 Å². The third-order valence-electron chi connectivity index (χ3n) is 3.89. The minimum absolute atomic E-state index is 0.191. The van der Waals surface area contributed by atoms with Crippen LogP contribution in [0.3, 0.4) is 0 Å². The number of halogens is 1. The number of aliphatic hydroxyl groups excluding tert-OH is 1. The van der Waals surface area contributed by atoms with Crippen molar-refractivity contribution in [2.24, 2.45) is 5.92 Å². The number of rotatable bonds is 3. The van der Waals surface area contributed by atoms with Crippen LogP contribution in [-0.2, 0) is 6.54 Å². The number of nitriles is 1. The fraction of sp³-hybridized carbons (Fsp3) is 0.533. The molecule has 4 heteroatoms. The number of benzene rings is 1. The zero-order valence-corrected chi connectivity index (χ0v) is 12.7. The molecular weight excluding hydrogens is 304 g/mol. The quantitative estimate of drug-likeness (QED) is 0.930. The second-order valence-corrected chi connectivity index (χ2v) is 6.13. The number of aliphatic hydroxyl groups is 1. The van der Waals surface area contributed by atoms with Crippen LogP contribution in [0.25, 0.3) is 0 Å². The summed E-state index contributed by atoms with van der Waals surface area (Å²) in [6, 6.07) is 7.90. The Labute approximate surface area is 123 Å². The standard InChI is InChI=1S/C15H19BrN2O/c1-11(19)13-4-6-18(7-5-13)10-14-3-2-12(9-17)8-15(14)16/h2-3,8,11,13,19H,4-7,10H2,1H3. The second kappa shape index (κ2) is 6.51. The molecule has 0 spiro atoms. The van der Waals surface area contributed by atoms with Crippen LogP contribution in [-0.4, -0.2) is 29.2 Å². The average Bonchev–Trinajstić information content (AvgIpc) is 2.41. The van der Waals surface area contributed by atoms with Gasteiger partial charge in [-0.1, -0.05) is 22.0 Å². The summed E-state index contributed by atoms with van der Waals surface area (Å²) < 4.78 is 1.00. The van der Waals surface area contributed by atoms with Crippen molar-refractivity contribution >= 4 is 15.9 Å². The molecule has 2 rings (SSSR count). The highest BCUT2D eigenvalue weighted by Crippen LogP contribution is 2.24. The van der Waals surface area contributed by atoms with E-state index in [0.29, 0.717) is 11.5 Å².